The Labute approximate surface area is 168 Å². The molecule has 0 saturated carbocycles. The molecule has 4 heteroatoms. The van der Waals surface area contributed by atoms with Gasteiger partial charge in [-0.05, 0) is 24.8 Å². The number of hydrogen-bond acceptors (Lipinski definition) is 1. The molecule has 0 atom stereocenters. The Bertz CT molecular complexity index is 244. The molecule has 0 nitrogen and oxygen atoms in total. The van der Waals surface area contributed by atoms with Gasteiger partial charge in [-0.2, -0.15) is 12.6 Å². The fraction of sp³-hybridized carbons (Fsp3) is 1.00. The molecule has 0 fully saturated rings. The maximum Gasteiger partial charge on any atom is 0.248 e. The maximum atomic E-state index is 6.11. The minimum absolute atomic E-state index is 1.06. The van der Waals surface area contributed by atoms with Crippen LogP contribution in [0, 0.1) is 0 Å². The van der Waals surface area contributed by atoms with Crippen molar-refractivity contribution < 1.29 is 0 Å². The van der Waals surface area contributed by atoms with Gasteiger partial charge in [0.15, 0.2) is 0 Å². The van der Waals surface area contributed by atoms with Crippen molar-refractivity contribution >= 4 is 41.5 Å². The number of unbranched alkanes of at least 4 members (excludes halogenated alkanes) is 16. The maximum absolute atomic E-state index is 6.11. The predicted molar refractivity (Wildman–Crippen MR) is 120 cm³/mol. The zero-order chi connectivity index (χ0) is 17.9. The summed E-state index contributed by atoms with van der Waals surface area (Å²) < 4.78 is 0. The van der Waals surface area contributed by atoms with Gasteiger partial charge in [0.2, 0.25) is 6.69 Å². The molecule has 24 heavy (non-hydrogen) atoms. The van der Waals surface area contributed by atoms with E-state index in [1.165, 1.54) is 109 Å². The summed E-state index contributed by atoms with van der Waals surface area (Å²) >= 11 is 16.5. The average Bonchev–Trinajstić information content (AvgIpc) is 2.52. The van der Waals surface area contributed by atoms with E-state index in [-0.39, 0.29) is 0 Å². The standard InChI is InChI=1S/C20H42Cl2SSi/c1-24(21,22)20-18-16-14-12-10-8-6-4-2-3-5-7-9-11-13-15-17-19-23/h23H,2-20H2,1H3. The summed E-state index contributed by atoms with van der Waals surface area (Å²) in [5.74, 6) is 1.06. The van der Waals surface area contributed by atoms with E-state index in [9.17, 15) is 0 Å². The zero-order valence-corrected chi connectivity index (χ0v) is 19.5. The molecule has 0 N–H and O–H groups in total. The first-order chi connectivity index (χ1) is 11.6. The van der Waals surface area contributed by atoms with Gasteiger partial charge < -0.3 is 0 Å². The van der Waals surface area contributed by atoms with Gasteiger partial charge in [-0.25, -0.2) is 0 Å². The van der Waals surface area contributed by atoms with Crippen LogP contribution in [0.25, 0.3) is 0 Å². The molecule has 0 rings (SSSR count). The molecule has 0 heterocycles. The number of halogens is 2. The molecule has 0 aliphatic heterocycles. The Kier molecular flexibility index (Phi) is 19.8. The van der Waals surface area contributed by atoms with E-state index in [0.717, 1.165) is 11.8 Å². The molecule has 0 aliphatic rings. The van der Waals surface area contributed by atoms with Crippen molar-refractivity contribution in [2.45, 2.75) is 122 Å². The first-order valence-corrected chi connectivity index (χ1v) is 15.9. The van der Waals surface area contributed by atoms with Crippen LogP contribution >= 0.6 is 34.8 Å². The molecule has 0 aromatic heterocycles. The summed E-state index contributed by atoms with van der Waals surface area (Å²) in [6.07, 6.45) is 23.8. The van der Waals surface area contributed by atoms with Gasteiger partial charge in [-0.1, -0.05) is 103 Å². The van der Waals surface area contributed by atoms with Crippen molar-refractivity contribution in [2.75, 3.05) is 5.75 Å². The van der Waals surface area contributed by atoms with E-state index < -0.39 is 6.69 Å². The highest BCUT2D eigenvalue weighted by Gasteiger charge is 2.19. The molecule has 0 amide bonds. The molecular weight excluding hydrogens is 371 g/mol. The van der Waals surface area contributed by atoms with Crippen LogP contribution in [0.15, 0.2) is 0 Å². The van der Waals surface area contributed by atoms with Crippen LogP contribution < -0.4 is 0 Å². The molecule has 0 bridgehead atoms. The monoisotopic (exact) mass is 412 g/mol. The van der Waals surface area contributed by atoms with Gasteiger partial charge >= 0.3 is 0 Å². The van der Waals surface area contributed by atoms with Gasteiger partial charge in [-0.15, -0.1) is 22.2 Å². The predicted octanol–water partition coefficient (Wildman–Crippen LogP) is 9.10. The summed E-state index contributed by atoms with van der Waals surface area (Å²) in [5.41, 5.74) is 0. The number of thiol groups is 1. The van der Waals surface area contributed by atoms with Crippen molar-refractivity contribution in [3.05, 3.63) is 0 Å². The molecule has 0 aromatic rings. The van der Waals surface area contributed by atoms with Gasteiger partial charge in [-0.3, -0.25) is 0 Å². The van der Waals surface area contributed by atoms with Gasteiger partial charge in [0, 0.05) is 0 Å². The molecule has 0 spiro atoms. The lowest BCUT2D eigenvalue weighted by Crippen LogP contribution is -2.11. The third-order valence-corrected chi connectivity index (χ3v) is 7.46. The molecular formula is C20H42Cl2SSi. The second-order valence-electron chi connectivity index (χ2n) is 7.55. The van der Waals surface area contributed by atoms with Crippen LogP contribution in [0.2, 0.25) is 12.6 Å². The lowest BCUT2D eigenvalue weighted by molar-refractivity contribution is 0.529. The largest absolute Gasteiger partial charge is 0.248 e. The van der Waals surface area contributed by atoms with Crippen LogP contribution in [0.5, 0.6) is 0 Å². The van der Waals surface area contributed by atoms with E-state index in [1.807, 2.05) is 6.55 Å². The summed E-state index contributed by atoms with van der Waals surface area (Å²) in [5, 5.41) is 0. The highest BCUT2D eigenvalue weighted by atomic mass is 35.7. The number of hydrogen-bond donors (Lipinski definition) is 1. The third kappa shape index (κ3) is 23.1. The van der Waals surface area contributed by atoms with Crippen molar-refractivity contribution in [3.8, 4) is 0 Å². The van der Waals surface area contributed by atoms with Crippen molar-refractivity contribution in [1.29, 1.82) is 0 Å². The lowest BCUT2D eigenvalue weighted by atomic mass is 10.0. The van der Waals surface area contributed by atoms with Gasteiger partial charge in [0.1, 0.15) is 0 Å². The summed E-state index contributed by atoms with van der Waals surface area (Å²) in [6, 6.07) is 1.06. The minimum atomic E-state index is -1.83. The van der Waals surface area contributed by atoms with E-state index in [2.05, 4.69) is 12.6 Å². The van der Waals surface area contributed by atoms with Crippen LogP contribution in [0.4, 0.5) is 0 Å². The van der Waals surface area contributed by atoms with E-state index in [0.29, 0.717) is 0 Å². The average molecular weight is 414 g/mol. The third-order valence-electron chi connectivity index (χ3n) is 4.77. The zero-order valence-electron chi connectivity index (χ0n) is 16.1. The molecule has 146 valence electrons. The van der Waals surface area contributed by atoms with E-state index in [4.69, 9.17) is 22.2 Å². The Morgan fingerprint density at radius 3 is 1.00 bits per heavy atom. The quantitative estimate of drug-likeness (QED) is 0.0928. The highest BCUT2D eigenvalue weighted by Crippen LogP contribution is 2.23. The SMILES string of the molecule is C[Si](Cl)(Cl)CCCCCCCCCCCCCCCCCCCS. The smallest absolute Gasteiger partial charge is 0.179 e. The first-order valence-electron chi connectivity index (χ1n) is 10.5. The fourth-order valence-corrected chi connectivity index (χ4v) is 5.10. The number of rotatable bonds is 19. The highest BCUT2D eigenvalue weighted by molar-refractivity contribution is 7.80. The summed E-state index contributed by atoms with van der Waals surface area (Å²) in [4.78, 5) is 0. The topological polar surface area (TPSA) is 0 Å². The fourth-order valence-electron chi connectivity index (χ4n) is 3.20. The van der Waals surface area contributed by atoms with Gasteiger partial charge in [0.25, 0.3) is 0 Å². The van der Waals surface area contributed by atoms with Crippen molar-refractivity contribution in [1.82, 2.24) is 0 Å². The van der Waals surface area contributed by atoms with Crippen molar-refractivity contribution in [3.63, 3.8) is 0 Å². The molecule has 0 saturated heterocycles. The second-order valence-corrected chi connectivity index (χ2v) is 16.2. The first kappa shape index (κ1) is 25.1. The Hall–Kier alpha value is 1.15. The molecule has 0 aliphatic carbocycles. The van der Waals surface area contributed by atoms with Crippen LogP contribution in [0.1, 0.15) is 109 Å². The minimum Gasteiger partial charge on any atom is -0.179 e. The Morgan fingerprint density at radius 2 is 0.750 bits per heavy atom. The molecule has 0 aromatic carbocycles. The van der Waals surface area contributed by atoms with Crippen LogP contribution in [0.3, 0.4) is 0 Å². The molecule has 0 radical (unpaired) electrons. The normalized spacial score (nSPS) is 12.0. The van der Waals surface area contributed by atoms with E-state index in [1.54, 1.807) is 0 Å². The lowest BCUT2D eigenvalue weighted by Gasteiger charge is -2.09. The van der Waals surface area contributed by atoms with Crippen molar-refractivity contribution in [2.24, 2.45) is 0 Å². The second kappa shape index (κ2) is 18.9. The summed E-state index contributed by atoms with van der Waals surface area (Å²) in [7, 11) is 0. The Balaban J connectivity index is 3.00. The van der Waals surface area contributed by atoms with Crippen LogP contribution in [-0.4, -0.2) is 12.4 Å². The Morgan fingerprint density at radius 1 is 0.500 bits per heavy atom. The van der Waals surface area contributed by atoms with Crippen LogP contribution in [-0.2, 0) is 0 Å². The van der Waals surface area contributed by atoms with E-state index >= 15 is 0 Å². The van der Waals surface area contributed by atoms with Gasteiger partial charge in [0.05, 0.1) is 0 Å². The summed E-state index contributed by atoms with van der Waals surface area (Å²) in [6.45, 7) is 0.203. The molecule has 0 unspecified atom stereocenters.